The second kappa shape index (κ2) is 6.36. The molecule has 1 unspecified atom stereocenters. The fraction of sp³-hybridized carbons (Fsp3) is 0.0500. The Hall–Kier alpha value is -2.44. The molecule has 2 nitrogen and oxygen atoms in total. The summed E-state index contributed by atoms with van der Waals surface area (Å²) in [5, 5.41) is 1.14. The summed E-state index contributed by atoms with van der Waals surface area (Å²) in [6, 6.07) is 25.2. The third kappa shape index (κ3) is 2.91. The van der Waals surface area contributed by atoms with E-state index in [0.717, 1.165) is 5.56 Å². The Morgan fingerprint density at radius 3 is 1.74 bits per heavy atom. The molecule has 23 heavy (non-hydrogen) atoms. The summed E-state index contributed by atoms with van der Waals surface area (Å²) < 4.78 is 13.9. The van der Waals surface area contributed by atoms with E-state index < -0.39 is 7.14 Å². The fourth-order valence-corrected chi connectivity index (χ4v) is 4.98. The van der Waals surface area contributed by atoms with Gasteiger partial charge >= 0.3 is 0 Å². The summed E-state index contributed by atoms with van der Waals surface area (Å²) in [5.74, 6) is 0. The lowest BCUT2D eigenvalue weighted by Crippen LogP contribution is -2.22. The van der Waals surface area contributed by atoms with Gasteiger partial charge in [-0.3, -0.25) is 4.79 Å². The van der Waals surface area contributed by atoms with Crippen molar-refractivity contribution in [3.63, 3.8) is 0 Å². The highest BCUT2D eigenvalue weighted by atomic mass is 31.2. The fourth-order valence-electron chi connectivity index (χ4n) is 2.54. The van der Waals surface area contributed by atoms with Gasteiger partial charge in [-0.1, -0.05) is 90.5 Å². The standard InChI is InChI=1S/C20H17O2P/c1-16-12-14-19(15-13-16)23(22,18-10-6-3-7-11-18)20(21)17-8-4-2-5-9-17/h2-15H,1H3. The summed E-state index contributed by atoms with van der Waals surface area (Å²) in [7, 11) is -3.40. The predicted molar refractivity (Wildman–Crippen MR) is 95.3 cm³/mol. The van der Waals surface area contributed by atoms with Crippen molar-refractivity contribution in [2.24, 2.45) is 0 Å². The van der Waals surface area contributed by atoms with Gasteiger partial charge in [-0.05, 0) is 6.92 Å². The second-order valence-corrected chi connectivity index (χ2v) is 8.11. The number of hydrogen-bond acceptors (Lipinski definition) is 2. The quantitative estimate of drug-likeness (QED) is 0.677. The second-order valence-electron chi connectivity index (χ2n) is 5.45. The van der Waals surface area contributed by atoms with Crippen LogP contribution in [0.2, 0.25) is 0 Å². The SMILES string of the molecule is Cc1ccc(P(=O)(C(=O)c2ccccc2)c2ccccc2)cc1. The number of carbonyl (C=O) groups is 1. The zero-order valence-corrected chi connectivity index (χ0v) is 13.7. The highest BCUT2D eigenvalue weighted by molar-refractivity contribution is 7.93. The van der Waals surface area contributed by atoms with Gasteiger partial charge in [-0.25, -0.2) is 0 Å². The van der Waals surface area contributed by atoms with E-state index >= 15 is 0 Å². The van der Waals surface area contributed by atoms with Crippen molar-refractivity contribution >= 4 is 23.3 Å². The van der Waals surface area contributed by atoms with Crippen LogP contribution in [0.15, 0.2) is 84.9 Å². The Labute approximate surface area is 136 Å². The number of benzene rings is 3. The molecule has 3 aromatic rings. The van der Waals surface area contributed by atoms with Gasteiger partial charge < -0.3 is 4.57 Å². The number of aryl methyl sites for hydroxylation is 1. The zero-order chi connectivity index (χ0) is 16.3. The van der Waals surface area contributed by atoms with Crippen molar-refractivity contribution in [1.82, 2.24) is 0 Å². The molecule has 0 aliphatic heterocycles. The molecule has 0 radical (unpaired) electrons. The van der Waals surface area contributed by atoms with Crippen molar-refractivity contribution < 1.29 is 9.36 Å². The van der Waals surface area contributed by atoms with Crippen molar-refractivity contribution in [1.29, 1.82) is 0 Å². The van der Waals surface area contributed by atoms with Gasteiger partial charge in [0.25, 0.3) is 0 Å². The van der Waals surface area contributed by atoms with Crippen molar-refractivity contribution in [3.05, 3.63) is 96.1 Å². The molecule has 3 heteroatoms. The molecular formula is C20H17O2P. The molecule has 3 aromatic carbocycles. The van der Waals surface area contributed by atoms with Crippen LogP contribution in [0.3, 0.4) is 0 Å². The van der Waals surface area contributed by atoms with E-state index in [0.29, 0.717) is 16.2 Å². The molecule has 0 N–H and O–H groups in total. The molecule has 114 valence electrons. The van der Waals surface area contributed by atoms with E-state index in [9.17, 15) is 9.36 Å². The van der Waals surface area contributed by atoms with Crippen LogP contribution in [0.25, 0.3) is 0 Å². The summed E-state index contributed by atoms with van der Waals surface area (Å²) in [6.07, 6.45) is 0. The maximum absolute atomic E-state index is 13.9. The topological polar surface area (TPSA) is 34.1 Å². The largest absolute Gasteiger partial charge is 0.305 e. The Kier molecular flexibility index (Phi) is 4.27. The van der Waals surface area contributed by atoms with Crippen molar-refractivity contribution in [2.45, 2.75) is 6.92 Å². The van der Waals surface area contributed by atoms with Crippen LogP contribution in [-0.2, 0) is 4.57 Å². The monoisotopic (exact) mass is 320 g/mol. The third-order valence-corrected chi connectivity index (χ3v) is 6.71. The molecule has 0 heterocycles. The van der Waals surface area contributed by atoms with Crippen molar-refractivity contribution in [3.8, 4) is 0 Å². The van der Waals surface area contributed by atoms with Crippen LogP contribution in [0.4, 0.5) is 0 Å². The minimum absolute atomic E-state index is 0.326. The minimum Gasteiger partial charge on any atom is -0.305 e. The average molecular weight is 320 g/mol. The van der Waals surface area contributed by atoms with Gasteiger partial charge in [-0.15, -0.1) is 0 Å². The normalized spacial score (nSPS) is 13.3. The smallest absolute Gasteiger partial charge is 0.230 e. The average Bonchev–Trinajstić information content (AvgIpc) is 2.62. The number of rotatable bonds is 4. The summed E-state index contributed by atoms with van der Waals surface area (Å²) in [6.45, 7) is 1.97. The maximum atomic E-state index is 13.9. The van der Waals surface area contributed by atoms with E-state index in [1.165, 1.54) is 0 Å². The lowest BCUT2D eigenvalue weighted by Gasteiger charge is -2.18. The van der Waals surface area contributed by atoms with Gasteiger partial charge in [0.1, 0.15) is 0 Å². The zero-order valence-electron chi connectivity index (χ0n) is 12.8. The van der Waals surface area contributed by atoms with Gasteiger partial charge in [0.2, 0.25) is 12.7 Å². The summed E-state index contributed by atoms with van der Waals surface area (Å²) in [4.78, 5) is 13.1. The first-order valence-electron chi connectivity index (χ1n) is 7.45. The van der Waals surface area contributed by atoms with Crippen LogP contribution in [0.1, 0.15) is 15.9 Å². The molecule has 3 rings (SSSR count). The predicted octanol–water partition coefficient (Wildman–Crippen LogP) is 4.15. The Morgan fingerprint density at radius 2 is 1.17 bits per heavy atom. The molecule has 0 spiro atoms. The molecule has 0 saturated heterocycles. The number of hydrogen-bond donors (Lipinski definition) is 0. The van der Waals surface area contributed by atoms with Gasteiger partial charge in [0.15, 0.2) is 0 Å². The van der Waals surface area contributed by atoms with E-state index in [2.05, 4.69) is 0 Å². The lowest BCUT2D eigenvalue weighted by atomic mass is 10.2. The first-order chi connectivity index (χ1) is 11.1. The molecule has 1 atom stereocenters. The van der Waals surface area contributed by atoms with Crippen LogP contribution >= 0.6 is 7.14 Å². The first kappa shape index (κ1) is 15.5. The van der Waals surface area contributed by atoms with E-state index in [4.69, 9.17) is 0 Å². The molecule has 0 bridgehead atoms. The molecule has 0 amide bonds. The number of carbonyl (C=O) groups excluding carboxylic acids is 1. The van der Waals surface area contributed by atoms with Crippen LogP contribution in [0, 0.1) is 6.92 Å². The summed E-state index contributed by atoms with van der Waals surface area (Å²) in [5.41, 5.74) is 1.22. The Morgan fingerprint density at radius 1 is 0.696 bits per heavy atom. The van der Waals surface area contributed by atoms with Crippen LogP contribution < -0.4 is 10.6 Å². The molecule has 0 aliphatic carbocycles. The van der Waals surface area contributed by atoms with Gasteiger partial charge in [-0.2, -0.15) is 0 Å². The van der Waals surface area contributed by atoms with Crippen LogP contribution in [0.5, 0.6) is 0 Å². The molecule has 0 aliphatic rings. The first-order valence-corrected chi connectivity index (χ1v) is 9.16. The van der Waals surface area contributed by atoms with Crippen molar-refractivity contribution in [2.75, 3.05) is 0 Å². The van der Waals surface area contributed by atoms with Gasteiger partial charge in [0, 0.05) is 16.2 Å². The minimum atomic E-state index is -3.40. The van der Waals surface area contributed by atoms with Gasteiger partial charge in [0.05, 0.1) is 0 Å². The Balaban J connectivity index is 2.21. The highest BCUT2D eigenvalue weighted by Gasteiger charge is 2.36. The van der Waals surface area contributed by atoms with E-state index in [1.807, 2.05) is 43.3 Å². The lowest BCUT2D eigenvalue weighted by molar-refractivity contribution is 0.107. The molecule has 0 fully saturated rings. The van der Waals surface area contributed by atoms with E-state index in [-0.39, 0.29) is 5.52 Å². The summed E-state index contributed by atoms with van der Waals surface area (Å²) >= 11 is 0. The third-order valence-electron chi connectivity index (χ3n) is 3.82. The highest BCUT2D eigenvalue weighted by Crippen LogP contribution is 2.46. The van der Waals surface area contributed by atoms with E-state index in [1.54, 1.807) is 48.5 Å². The Bertz CT molecular complexity index is 853. The maximum Gasteiger partial charge on any atom is 0.230 e. The van der Waals surface area contributed by atoms with Crippen LogP contribution in [-0.4, -0.2) is 5.52 Å². The molecule has 0 saturated carbocycles. The molecule has 0 aromatic heterocycles. The molecular weight excluding hydrogens is 303 g/mol.